The van der Waals surface area contributed by atoms with Gasteiger partial charge in [0.1, 0.15) is 36.7 Å². The van der Waals surface area contributed by atoms with Crippen LogP contribution in [0.4, 0.5) is 18.0 Å². The second-order valence-corrected chi connectivity index (χ2v) is 9.51. The molecule has 1 aliphatic heterocycles. The van der Waals surface area contributed by atoms with Crippen molar-refractivity contribution in [1.82, 2.24) is 9.78 Å². The van der Waals surface area contributed by atoms with Crippen molar-refractivity contribution in [3.63, 3.8) is 0 Å². The summed E-state index contributed by atoms with van der Waals surface area (Å²) in [6.07, 6.45) is -14.5. The molecular formula is C23H28BrF3N2O8. The van der Waals surface area contributed by atoms with Gasteiger partial charge in [0.25, 0.3) is 0 Å². The lowest BCUT2D eigenvalue weighted by Gasteiger charge is -2.39. The molecule has 0 spiro atoms. The van der Waals surface area contributed by atoms with Crippen LogP contribution in [0.1, 0.15) is 43.6 Å². The molecular weight excluding hydrogens is 569 g/mol. The Labute approximate surface area is 219 Å². The van der Waals surface area contributed by atoms with Crippen molar-refractivity contribution in [2.45, 2.75) is 70.1 Å². The first kappa shape index (κ1) is 29.2. The maximum absolute atomic E-state index is 14.2. The Kier molecular flexibility index (Phi) is 9.45. The number of hydrogen-bond acceptors (Lipinski definition) is 9. The first-order chi connectivity index (χ1) is 17.3. The van der Waals surface area contributed by atoms with Gasteiger partial charge in [0.05, 0.1) is 12.2 Å². The Morgan fingerprint density at radius 2 is 1.78 bits per heavy atom. The van der Waals surface area contributed by atoms with E-state index >= 15 is 0 Å². The van der Waals surface area contributed by atoms with E-state index in [-0.39, 0.29) is 18.6 Å². The molecule has 1 fully saturated rings. The van der Waals surface area contributed by atoms with E-state index in [1.807, 2.05) is 0 Å². The number of rotatable bonds is 8. The minimum absolute atomic E-state index is 0.0289. The Balaban J connectivity index is 1.95. The van der Waals surface area contributed by atoms with Crippen LogP contribution in [-0.4, -0.2) is 75.2 Å². The fourth-order valence-electron chi connectivity index (χ4n) is 3.75. The molecule has 2 heterocycles. The average molecular weight is 597 g/mol. The van der Waals surface area contributed by atoms with Gasteiger partial charge in [-0.2, -0.15) is 13.2 Å². The number of carbonyl (C=O) groups excluding carboxylic acids is 1. The number of alkyl halides is 3. The molecule has 14 heteroatoms. The summed E-state index contributed by atoms with van der Waals surface area (Å²) >= 11 is 3.28. The summed E-state index contributed by atoms with van der Waals surface area (Å²) in [6.45, 7) is 4.04. The molecule has 37 heavy (non-hydrogen) atoms. The van der Waals surface area contributed by atoms with Crippen LogP contribution < -0.4 is 4.74 Å². The van der Waals surface area contributed by atoms with Gasteiger partial charge in [-0.3, -0.25) is 4.68 Å². The van der Waals surface area contributed by atoms with E-state index in [0.29, 0.717) is 5.56 Å². The Morgan fingerprint density at radius 3 is 2.35 bits per heavy atom. The smallest absolute Gasteiger partial charge is 0.443 e. The van der Waals surface area contributed by atoms with Crippen LogP contribution in [-0.2, 0) is 26.8 Å². The molecule has 3 N–H and O–H groups in total. The number of aliphatic hydroxyl groups excluding tert-OH is 3. The zero-order valence-corrected chi connectivity index (χ0v) is 21.8. The molecule has 0 saturated carbocycles. The van der Waals surface area contributed by atoms with Gasteiger partial charge in [-0.25, -0.2) is 4.79 Å². The van der Waals surface area contributed by atoms with Gasteiger partial charge in [0.2, 0.25) is 12.2 Å². The minimum atomic E-state index is -4.79. The lowest BCUT2D eigenvalue weighted by Crippen LogP contribution is -2.60. The van der Waals surface area contributed by atoms with E-state index in [9.17, 15) is 33.3 Å². The molecule has 1 aromatic carbocycles. The molecule has 0 aliphatic carbocycles. The van der Waals surface area contributed by atoms with Crippen molar-refractivity contribution < 1.29 is 52.2 Å². The van der Waals surface area contributed by atoms with Crippen molar-refractivity contribution >= 4 is 22.1 Å². The summed E-state index contributed by atoms with van der Waals surface area (Å²) in [5, 5.41) is 35.0. The third kappa shape index (κ3) is 6.93. The van der Waals surface area contributed by atoms with Crippen LogP contribution in [0, 0.1) is 0 Å². The largest absolute Gasteiger partial charge is 0.508 e. The second kappa shape index (κ2) is 12.0. The highest BCUT2D eigenvalue weighted by Gasteiger charge is 2.47. The lowest BCUT2D eigenvalue weighted by atomic mass is 9.99. The molecule has 0 unspecified atom stereocenters. The predicted octanol–water partition coefficient (Wildman–Crippen LogP) is 3.20. The molecule has 1 saturated heterocycles. The van der Waals surface area contributed by atoms with Crippen LogP contribution in [0.15, 0.2) is 28.7 Å². The van der Waals surface area contributed by atoms with Gasteiger partial charge in [-0.1, -0.05) is 28.1 Å². The third-order valence-corrected chi connectivity index (χ3v) is 6.08. The molecule has 10 nitrogen and oxygen atoms in total. The summed E-state index contributed by atoms with van der Waals surface area (Å²) in [6, 6.07) is 5.92. The number of carbonyl (C=O) groups is 1. The standard InChI is InChI=1S/C23H28BrF3N2O8/c1-4-34-22(33)35-10-15-16(30)17(31)18(32)21(36-15)37-20-14(9-12-5-7-13(24)8-6-12)19(23(25,26)27)29(28-20)11(2)3/h5-8,11,15-18,21,30-32H,4,9-10H2,1-3H3/t15-,16-,17+,18-,21+/m1/s1. The van der Waals surface area contributed by atoms with Crippen molar-refractivity contribution in [3.8, 4) is 5.88 Å². The van der Waals surface area contributed by atoms with Crippen LogP contribution in [0.25, 0.3) is 0 Å². The molecule has 0 radical (unpaired) electrons. The molecule has 0 bridgehead atoms. The van der Waals surface area contributed by atoms with E-state index in [1.54, 1.807) is 31.2 Å². The Hall–Kier alpha value is -2.39. The monoisotopic (exact) mass is 596 g/mol. The average Bonchev–Trinajstić information content (AvgIpc) is 3.19. The number of aromatic nitrogens is 2. The van der Waals surface area contributed by atoms with Gasteiger partial charge in [-0.05, 0) is 38.5 Å². The van der Waals surface area contributed by atoms with Gasteiger partial charge in [0, 0.05) is 16.9 Å². The molecule has 0 amide bonds. The first-order valence-electron chi connectivity index (χ1n) is 11.4. The highest BCUT2D eigenvalue weighted by molar-refractivity contribution is 9.10. The summed E-state index contributed by atoms with van der Waals surface area (Å²) in [5.41, 5.74) is -0.809. The van der Waals surface area contributed by atoms with Gasteiger partial charge >= 0.3 is 12.3 Å². The number of hydrogen-bond donors (Lipinski definition) is 3. The molecule has 1 aromatic heterocycles. The van der Waals surface area contributed by atoms with Crippen LogP contribution >= 0.6 is 15.9 Å². The number of benzene rings is 1. The van der Waals surface area contributed by atoms with Gasteiger partial charge in [-0.15, -0.1) is 5.10 Å². The topological polar surface area (TPSA) is 132 Å². The van der Waals surface area contributed by atoms with Crippen molar-refractivity contribution in [2.24, 2.45) is 0 Å². The number of nitrogens with zero attached hydrogens (tertiary/aromatic N) is 2. The van der Waals surface area contributed by atoms with Gasteiger partial charge in [0.15, 0.2) is 0 Å². The highest BCUT2D eigenvalue weighted by Crippen LogP contribution is 2.40. The van der Waals surface area contributed by atoms with E-state index in [0.717, 1.165) is 9.15 Å². The predicted molar refractivity (Wildman–Crippen MR) is 125 cm³/mol. The zero-order chi connectivity index (χ0) is 27.5. The van der Waals surface area contributed by atoms with E-state index in [4.69, 9.17) is 14.2 Å². The maximum Gasteiger partial charge on any atom is 0.508 e. The van der Waals surface area contributed by atoms with E-state index in [1.165, 1.54) is 13.8 Å². The molecule has 206 valence electrons. The first-order valence-corrected chi connectivity index (χ1v) is 12.2. The molecule has 1 aliphatic rings. The van der Waals surface area contributed by atoms with Crippen LogP contribution in [0.3, 0.4) is 0 Å². The normalized spacial score (nSPS) is 24.2. The Morgan fingerprint density at radius 1 is 1.14 bits per heavy atom. The van der Waals surface area contributed by atoms with E-state index in [2.05, 4.69) is 25.8 Å². The molecule has 2 aromatic rings. The van der Waals surface area contributed by atoms with E-state index < -0.39 is 67.3 Å². The molecule has 5 atom stereocenters. The third-order valence-electron chi connectivity index (χ3n) is 5.55. The summed E-state index contributed by atoms with van der Waals surface area (Å²) in [4.78, 5) is 11.5. The van der Waals surface area contributed by atoms with Crippen molar-refractivity contribution in [3.05, 3.63) is 45.6 Å². The zero-order valence-electron chi connectivity index (χ0n) is 20.2. The lowest BCUT2D eigenvalue weighted by molar-refractivity contribution is -0.278. The summed E-state index contributed by atoms with van der Waals surface area (Å²) < 4.78 is 64.6. The summed E-state index contributed by atoms with van der Waals surface area (Å²) in [7, 11) is 0. The Bertz CT molecular complexity index is 1060. The fourth-order valence-corrected chi connectivity index (χ4v) is 4.02. The summed E-state index contributed by atoms with van der Waals surface area (Å²) in [5.74, 6) is -0.471. The fraction of sp³-hybridized carbons (Fsp3) is 0.565. The highest BCUT2D eigenvalue weighted by atomic mass is 79.9. The second-order valence-electron chi connectivity index (χ2n) is 8.60. The quantitative estimate of drug-likeness (QED) is 0.393. The van der Waals surface area contributed by atoms with Crippen molar-refractivity contribution in [1.29, 1.82) is 0 Å². The maximum atomic E-state index is 14.2. The number of ether oxygens (including phenoxy) is 4. The number of aliphatic hydroxyl groups is 3. The van der Waals surface area contributed by atoms with Crippen molar-refractivity contribution in [2.75, 3.05) is 13.2 Å². The molecule has 3 rings (SSSR count). The van der Waals surface area contributed by atoms with Crippen LogP contribution in [0.5, 0.6) is 5.88 Å². The van der Waals surface area contributed by atoms with Gasteiger partial charge < -0.3 is 34.3 Å². The minimum Gasteiger partial charge on any atom is -0.443 e. The SMILES string of the molecule is CCOC(=O)OC[C@H]1O[C@@H](Oc2nn(C(C)C)c(C(F)(F)F)c2Cc2ccc(Br)cc2)[C@H](O)[C@@H](O)[C@@H]1O. The number of halogens is 4. The van der Waals surface area contributed by atoms with Crippen LogP contribution in [0.2, 0.25) is 0 Å².